The van der Waals surface area contributed by atoms with Crippen LogP contribution in [0.4, 0.5) is 0 Å². The van der Waals surface area contributed by atoms with Crippen LogP contribution in [0.3, 0.4) is 0 Å². The summed E-state index contributed by atoms with van der Waals surface area (Å²) >= 11 is 0. The number of piperidine rings is 1. The van der Waals surface area contributed by atoms with Crippen LogP contribution in [-0.2, 0) is 11.3 Å². The van der Waals surface area contributed by atoms with Crippen molar-refractivity contribution in [3.05, 3.63) is 35.4 Å². The summed E-state index contributed by atoms with van der Waals surface area (Å²) in [4.78, 5) is 16.5. The van der Waals surface area contributed by atoms with Crippen LogP contribution < -0.4 is 0 Å². The number of nitrogens with zero attached hydrogens (tertiary/aromatic N) is 2. The van der Waals surface area contributed by atoms with Gasteiger partial charge in [0, 0.05) is 19.6 Å². The largest absolute Gasteiger partial charge is 0.341 e. The van der Waals surface area contributed by atoms with E-state index in [9.17, 15) is 4.79 Å². The van der Waals surface area contributed by atoms with Crippen molar-refractivity contribution in [1.29, 1.82) is 0 Å². The van der Waals surface area contributed by atoms with E-state index in [2.05, 4.69) is 43.0 Å². The van der Waals surface area contributed by atoms with Gasteiger partial charge in [-0.15, -0.1) is 0 Å². The van der Waals surface area contributed by atoms with E-state index < -0.39 is 0 Å². The summed E-state index contributed by atoms with van der Waals surface area (Å²) in [5.74, 6) is 0.919. The van der Waals surface area contributed by atoms with Crippen molar-refractivity contribution in [2.75, 3.05) is 26.7 Å². The lowest BCUT2D eigenvalue weighted by molar-refractivity contribution is -0.133. The molecule has 3 heteroatoms. The number of carbonyl (C=O) groups excluding carboxylic acids is 1. The molecular weight excluding hydrogens is 248 g/mol. The van der Waals surface area contributed by atoms with Gasteiger partial charge < -0.3 is 4.90 Å². The molecule has 1 atom stereocenters. The van der Waals surface area contributed by atoms with Gasteiger partial charge in [0.05, 0.1) is 6.54 Å². The quantitative estimate of drug-likeness (QED) is 0.843. The van der Waals surface area contributed by atoms with Crippen molar-refractivity contribution in [3.8, 4) is 0 Å². The van der Waals surface area contributed by atoms with Crippen LogP contribution >= 0.6 is 0 Å². The van der Waals surface area contributed by atoms with Crippen LogP contribution in [0.2, 0.25) is 0 Å². The van der Waals surface area contributed by atoms with Crippen molar-refractivity contribution in [2.24, 2.45) is 5.92 Å². The van der Waals surface area contributed by atoms with Crippen molar-refractivity contribution < 1.29 is 4.79 Å². The zero-order valence-corrected chi connectivity index (χ0v) is 12.9. The summed E-state index contributed by atoms with van der Waals surface area (Å²) in [6.07, 6.45) is 2.40. The van der Waals surface area contributed by atoms with Crippen LogP contribution in [0, 0.1) is 12.8 Å². The predicted molar refractivity (Wildman–Crippen MR) is 82.5 cm³/mol. The SMILES string of the molecule is Cc1ccccc1CN(C)CC(=O)N1CCCC(C)C1. The smallest absolute Gasteiger partial charge is 0.236 e. The van der Waals surface area contributed by atoms with E-state index in [1.165, 1.54) is 17.5 Å². The molecule has 3 nitrogen and oxygen atoms in total. The lowest BCUT2D eigenvalue weighted by atomic mass is 10.0. The predicted octanol–water partition coefficient (Wildman–Crippen LogP) is 2.69. The highest BCUT2D eigenvalue weighted by Gasteiger charge is 2.21. The molecule has 0 N–H and O–H groups in total. The highest BCUT2D eigenvalue weighted by Crippen LogP contribution is 2.16. The molecule has 1 saturated heterocycles. The topological polar surface area (TPSA) is 23.6 Å². The molecule has 0 radical (unpaired) electrons. The first-order chi connectivity index (χ1) is 9.56. The fourth-order valence-corrected chi connectivity index (χ4v) is 2.88. The minimum absolute atomic E-state index is 0.271. The number of likely N-dealkylation sites (tertiary alicyclic amines) is 1. The molecule has 1 fully saturated rings. The van der Waals surface area contributed by atoms with E-state index in [1.807, 2.05) is 11.9 Å². The number of likely N-dealkylation sites (N-methyl/N-ethyl adjacent to an activating group) is 1. The Kier molecular flexibility index (Phi) is 5.18. The lowest BCUT2D eigenvalue weighted by Gasteiger charge is -2.32. The third-order valence-electron chi connectivity index (χ3n) is 4.12. The maximum absolute atomic E-state index is 12.3. The number of amides is 1. The van der Waals surface area contributed by atoms with Crippen molar-refractivity contribution in [2.45, 2.75) is 33.2 Å². The molecule has 0 spiro atoms. The molecule has 1 amide bonds. The molecular formula is C17H26N2O. The van der Waals surface area contributed by atoms with E-state index >= 15 is 0 Å². The highest BCUT2D eigenvalue weighted by molar-refractivity contribution is 5.78. The fraction of sp³-hybridized carbons (Fsp3) is 0.588. The van der Waals surface area contributed by atoms with Crippen LogP contribution in [0.5, 0.6) is 0 Å². The van der Waals surface area contributed by atoms with Gasteiger partial charge in [0.1, 0.15) is 0 Å². The zero-order valence-electron chi connectivity index (χ0n) is 12.9. The highest BCUT2D eigenvalue weighted by atomic mass is 16.2. The van der Waals surface area contributed by atoms with E-state index in [4.69, 9.17) is 0 Å². The number of aryl methyl sites for hydroxylation is 1. The number of benzene rings is 1. The molecule has 2 rings (SSSR count). The lowest BCUT2D eigenvalue weighted by Crippen LogP contribution is -2.43. The van der Waals surface area contributed by atoms with Crippen molar-refractivity contribution in [3.63, 3.8) is 0 Å². The van der Waals surface area contributed by atoms with Crippen LogP contribution in [0.25, 0.3) is 0 Å². The van der Waals surface area contributed by atoms with Gasteiger partial charge in [-0.05, 0) is 43.9 Å². The number of rotatable bonds is 4. The van der Waals surface area contributed by atoms with Crippen molar-refractivity contribution >= 4 is 5.91 Å². The number of hydrogen-bond acceptors (Lipinski definition) is 2. The normalized spacial score (nSPS) is 19.4. The first-order valence-corrected chi connectivity index (χ1v) is 7.57. The second kappa shape index (κ2) is 6.89. The summed E-state index contributed by atoms with van der Waals surface area (Å²) in [6.45, 7) is 7.56. The molecule has 1 heterocycles. The standard InChI is InChI=1S/C17H26N2O/c1-14-7-6-10-19(11-14)17(20)13-18(3)12-16-9-5-4-8-15(16)2/h4-5,8-9,14H,6-7,10-13H2,1-3H3. The number of hydrogen-bond donors (Lipinski definition) is 0. The van der Waals surface area contributed by atoms with Gasteiger partial charge in [0.15, 0.2) is 0 Å². The van der Waals surface area contributed by atoms with Gasteiger partial charge in [-0.2, -0.15) is 0 Å². The molecule has 0 bridgehead atoms. The first-order valence-electron chi connectivity index (χ1n) is 7.57. The van der Waals surface area contributed by atoms with Crippen LogP contribution in [0.15, 0.2) is 24.3 Å². The maximum Gasteiger partial charge on any atom is 0.236 e. The Morgan fingerprint density at radius 1 is 1.40 bits per heavy atom. The van der Waals surface area contributed by atoms with E-state index in [0.29, 0.717) is 12.5 Å². The second-order valence-corrected chi connectivity index (χ2v) is 6.19. The average molecular weight is 274 g/mol. The van der Waals surface area contributed by atoms with Crippen LogP contribution in [-0.4, -0.2) is 42.4 Å². The van der Waals surface area contributed by atoms with E-state index in [0.717, 1.165) is 26.1 Å². The Morgan fingerprint density at radius 2 is 2.15 bits per heavy atom. The zero-order chi connectivity index (χ0) is 14.5. The van der Waals surface area contributed by atoms with Crippen LogP contribution in [0.1, 0.15) is 30.9 Å². The third kappa shape index (κ3) is 4.07. The Balaban J connectivity index is 1.86. The summed E-state index contributed by atoms with van der Waals surface area (Å²) in [7, 11) is 2.03. The first kappa shape index (κ1) is 15.0. The van der Waals surface area contributed by atoms with E-state index in [1.54, 1.807) is 0 Å². The van der Waals surface area contributed by atoms with Gasteiger partial charge in [-0.25, -0.2) is 0 Å². The Bertz CT molecular complexity index is 458. The Labute approximate surface area is 122 Å². The van der Waals surface area contributed by atoms with Crippen molar-refractivity contribution in [1.82, 2.24) is 9.80 Å². The maximum atomic E-state index is 12.3. The fourth-order valence-electron chi connectivity index (χ4n) is 2.88. The Morgan fingerprint density at radius 3 is 2.85 bits per heavy atom. The molecule has 0 saturated carbocycles. The molecule has 1 aromatic carbocycles. The minimum Gasteiger partial charge on any atom is -0.341 e. The van der Waals surface area contributed by atoms with Gasteiger partial charge in [-0.3, -0.25) is 9.69 Å². The molecule has 1 aromatic rings. The molecule has 20 heavy (non-hydrogen) atoms. The van der Waals surface area contributed by atoms with Gasteiger partial charge in [0.25, 0.3) is 0 Å². The van der Waals surface area contributed by atoms with Gasteiger partial charge >= 0.3 is 0 Å². The van der Waals surface area contributed by atoms with E-state index in [-0.39, 0.29) is 5.91 Å². The average Bonchev–Trinajstić information content (AvgIpc) is 2.41. The second-order valence-electron chi connectivity index (χ2n) is 6.19. The minimum atomic E-state index is 0.271. The monoisotopic (exact) mass is 274 g/mol. The molecule has 110 valence electrons. The summed E-state index contributed by atoms with van der Waals surface area (Å²) in [5, 5.41) is 0. The third-order valence-corrected chi connectivity index (χ3v) is 4.12. The Hall–Kier alpha value is -1.35. The molecule has 1 unspecified atom stereocenters. The van der Waals surface area contributed by atoms with Gasteiger partial charge in [0.2, 0.25) is 5.91 Å². The summed E-state index contributed by atoms with van der Waals surface area (Å²) < 4.78 is 0. The molecule has 1 aliphatic rings. The summed E-state index contributed by atoms with van der Waals surface area (Å²) in [6, 6.07) is 8.38. The molecule has 1 aliphatic heterocycles. The molecule has 0 aromatic heterocycles. The van der Waals surface area contributed by atoms with Gasteiger partial charge in [-0.1, -0.05) is 31.2 Å². The molecule has 0 aliphatic carbocycles. The summed E-state index contributed by atoms with van der Waals surface area (Å²) in [5.41, 5.74) is 2.59. The number of carbonyl (C=O) groups is 1.